The Kier molecular flexibility index (Phi) is 7.64. The van der Waals surface area contributed by atoms with Gasteiger partial charge in [0, 0.05) is 54.8 Å². The van der Waals surface area contributed by atoms with Crippen LogP contribution >= 0.6 is 11.6 Å². The molecular weight excluding hydrogens is 418 g/mol. The number of aromatic nitrogens is 1. The molecule has 166 valence electrons. The Morgan fingerprint density at radius 1 is 1.19 bits per heavy atom. The van der Waals surface area contributed by atoms with Gasteiger partial charge in [0.2, 0.25) is 0 Å². The van der Waals surface area contributed by atoms with Crippen LogP contribution < -0.4 is 5.32 Å². The van der Waals surface area contributed by atoms with Crippen LogP contribution in [-0.2, 0) is 22.4 Å². The van der Waals surface area contributed by atoms with Crippen LogP contribution in [0.25, 0.3) is 0 Å². The van der Waals surface area contributed by atoms with Gasteiger partial charge < -0.3 is 15.2 Å². The summed E-state index contributed by atoms with van der Waals surface area (Å²) in [6.07, 6.45) is 1.72. The Morgan fingerprint density at radius 3 is 2.68 bits per heavy atom. The maximum Gasteiger partial charge on any atom is 0.270 e. The molecule has 0 aliphatic carbocycles. The summed E-state index contributed by atoms with van der Waals surface area (Å²) >= 11 is 5.95. The molecule has 1 aromatic heterocycles. The van der Waals surface area contributed by atoms with Gasteiger partial charge in [-0.15, -0.1) is 0 Å². The van der Waals surface area contributed by atoms with Crippen molar-refractivity contribution in [1.29, 1.82) is 0 Å². The lowest BCUT2D eigenvalue weighted by Gasteiger charge is -2.35. The standard InChI is InChI=1S/C23H28ClN3O4/c1-23(2,15-27-7-9-31-10-8-27)26-22(30)20-12-16(5-6-25-20)11-19(28)14-17-13-18(24)3-4-21(17)29/h3-6,12-13,29H,7-11,14-15H2,1-2H3,(H,26,30). The number of morpholine rings is 1. The van der Waals surface area contributed by atoms with Crippen molar-refractivity contribution in [2.75, 3.05) is 32.8 Å². The topological polar surface area (TPSA) is 91.8 Å². The van der Waals surface area contributed by atoms with Crippen LogP contribution in [0.4, 0.5) is 0 Å². The number of phenolic OH excluding ortho intramolecular Hbond substituents is 1. The van der Waals surface area contributed by atoms with Gasteiger partial charge in [0.1, 0.15) is 17.2 Å². The van der Waals surface area contributed by atoms with Crippen molar-refractivity contribution in [3.05, 3.63) is 58.4 Å². The van der Waals surface area contributed by atoms with Crippen LogP contribution in [0.1, 0.15) is 35.5 Å². The Bertz CT molecular complexity index is 942. The number of phenols is 1. The summed E-state index contributed by atoms with van der Waals surface area (Å²) in [4.78, 5) is 31.7. The molecule has 1 aliphatic heterocycles. The molecular formula is C23H28ClN3O4. The first kappa shape index (κ1) is 23.2. The molecule has 0 saturated carbocycles. The van der Waals surface area contributed by atoms with Crippen molar-refractivity contribution < 1.29 is 19.4 Å². The Balaban J connectivity index is 1.60. The Morgan fingerprint density at radius 2 is 1.94 bits per heavy atom. The van der Waals surface area contributed by atoms with E-state index in [1.165, 1.54) is 12.3 Å². The summed E-state index contributed by atoms with van der Waals surface area (Å²) in [5.74, 6) is -0.335. The lowest BCUT2D eigenvalue weighted by atomic mass is 10.0. The number of hydrogen-bond donors (Lipinski definition) is 2. The van der Waals surface area contributed by atoms with E-state index >= 15 is 0 Å². The molecule has 2 N–H and O–H groups in total. The van der Waals surface area contributed by atoms with E-state index in [0.717, 1.165) is 13.1 Å². The molecule has 1 amide bonds. The van der Waals surface area contributed by atoms with E-state index in [-0.39, 0.29) is 36.0 Å². The fourth-order valence-corrected chi connectivity index (χ4v) is 3.83. The lowest BCUT2D eigenvalue weighted by Crippen LogP contribution is -2.53. The highest BCUT2D eigenvalue weighted by atomic mass is 35.5. The van der Waals surface area contributed by atoms with Crippen molar-refractivity contribution in [2.24, 2.45) is 0 Å². The van der Waals surface area contributed by atoms with Crippen LogP contribution in [0.5, 0.6) is 5.75 Å². The molecule has 2 heterocycles. The average Bonchev–Trinajstić information content (AvgIpc) is 2.71. The number of benzene rings is 1. The predicted molar refractivity (Wildman–Crippen MR) is 119 cm³/mol. The number of hydrogen-bond acceptors (Lipinski definition) is 6. The molecule has 3 rings (SSSR count). The number of pyridine rings is 1. The molecule has 0 radical (unpaired) electrons. The minimum Gasteiger partial charge on any atom is -0.508 e. The number of rotatable bonds is 8. The van der Waals surface area contributed by atoms with Crippen molar-refractivity contribution in [2.45, 2.75) is 32.2 Å². The summed E-state index contributed by atoms with van der Waals surface area (Å²) in [7, 11) is 0. The first-order chi connectivity index (χ1) is 14.7. The molecule has 8 heteroatoms. The van der Waals surface area contributed by atoms with E-state index in [1.807, 2.05) is 13.8 Å². The third kappa shape index (κ3) is 7.02. The summed E-state index contributed by atoms with van der Waals surface area (Å²) in [6.45, 7) is 7.76. The van der Waals surface area contributed by atoms with E-state index in [1.54, 1.807) is 24.3 Å². The van der Waals surface area contributed by atoms with Gasteiger partial charge in [0.05, 0.1) is 13.2 Å². The van der Waals surface area contributed by atoms with Crippen LogP contribution in [0, 0.1) is 0 Å². The molecule has 1 aromatic carbocycles. The zero-order chi connectivity index (χ0) is 22.4. The number of aromatic hydroxyl groups is 1. The number of halogens is 1. The average molecular weight is 446 g/mol. The Hall–Kier alpha value is -2.48. The van der Waals surface area contributed by atoms with Crippen molar-refractivity contribution in [3.63, 3.8) is 0 Å². The first-order valence-corrected chi connectivity index (χ1v) is 10.7. The molecule has 1 aliphatic rings. The summed E-state index contributed by atoms with van der Waals surface area (Å²) < 4.78 is 5.37. The van der Waals surface area contributed by atoms with Gasteiger partial charge in [-0.1, -0.05) is 11.6 Å². The van der Waals surface area contributed by atoms with E-state index in [2.05, 4.69) is 15.2 Å². The molecule has 31 heavy (non-hydrogen) atoms. The van der Waals surface area contributed by atoms with Crippen LogP contribution in [-0.4, -0.2) is 65.1 Å². The van der Waals surface area contributed by atoms with Gasteiger partial charge in [-0.3, -0.25) is 19.5 Å². The van der Waals surface area contributed by atoms with E-state index in [4.69, 9.17) is 16.3 Å². The van der Waals surface area contributed by atoms with E-state index in [9.17, 15) is 14.7 Å². The first-order valence-electron chi connectivity index (χ1n) is 10.3. The largest absolute Gasteiger partial charge is 0.508 e. The number of carbonyl (C=O) groups excluding carboxylic acids is 2. The molecule has 1 fully saturated rings. The third-order valence-electron chi connectivity index (χ3n) is 5.06. The van der Waals surface area contributed by atoms with Crippen LogP contribution in [0.15, 0.2) is 36.5 Å². The minimum absolute atomic E-state index is 0.0371. The summed E-state index contributed by atoms with van der Waals surface area (Å²) in [6, 6.07) is 7.97. The number of ketones is 1. The third-order valence-corrected chi connectivity index (χ3v) is 5.30. The number of nitrogens with zero attached hydrogens (tertiary/aromatic N) is 2. The molecule has 0 unspecified atom stereocenters. The zero-order valence-electron chi connectivity index (χ0n) is 17.9. The summed E-state index contributed by atoms with van der Waals surface area (Å²) in [5, 5.41) is 13.4. The van der Waals surface area contributed by atoms with Crippen molar-refractivity contribution >= 4 is 23.3 Å². The van der Waals surface area contributed by atoms with Gasteiger partial charge >= 0.3 is 0 Å². The number of nitrogens with one attached hydrogen (secondary N) is 1. The number of Topliss-reactive ketones (excluding diaryl/α,β-unsaturated/α-hetero) is 1. The van der Waals surface area contributed by atoms with E-state index in [0.29, 0.717) is 35.9 Å². The van der Waals surface area contributed by atoms with Gasteiger partial charge in [0.25, 0.3) is 5.91 Å². The normalized spacial score (nSPS) is 14.9. The van der Waals surface area contributed by atoms with Gasteiger partial charge in [0.15, 0.2) is 0 Å². The quantitative estimate of drug-likeness (QED) is 0.649. The molecule has 7 nitrogen and oxygen atoms in total. The number of ether oxygens (including phenoxy) is 1. The van der Waals surface area contributed by atoms with E-state index < -0.39 is 5.54 Å². The fraction of sp³-hybridized carbons (Fsp3) is 0.435. The Labute approximate surface area is 187 Å². The van der Waals surface area contributed by atoms with Crippen LogP contribution in [0.2, 0.25) is 5.02 Å². The highest BCUT2D eigenvalue weighted by Crippen LogP contribution is 2.22. The lowest BCUT2D eigenvalue weighted by molar-refractivity contribution is -0.117. The second-order valence-electron chi connectivity index (χ2n) is 8.44. The SMILES string of the molecule is CC(C)(CN1CCOCC1)NC(=O)c1cc(CC(=O)Cc2cc(Cl)ccc2O)ccn1. The van der Waals surface area contributed by atoms with Crippen LogP contribution in [0.3, 0.4) is 0 Å². The monoisotopic (exact) mass is 445 g/mol. The smallest absolute Gasteiger partial charge is 0.270 e. The van der Waals surface area contributed by atoms with Gasteiger partial charge in [-0.05, 0) is 49.7 Å². The molecule has 0 atom stereocenters. The minimum atomic E-state index is -0.438. The van der Waals surface area contributed by atoms with Crippen molar-refractivity contribution in [1.82, 2.24) is 15.2 Å². The molecule has 1 saturated heterocycles. The maximum absolute atomic E-state index is 12.8. The molecule has 2 aromatic rings. The highest BCUT2D eigenvalue weighted by molar-refractivity contribution is 6.30. The second kappa shape index (κ2) is 10.2. The van der Waals surface area contributed by atoms with Crippen molar-refractivity contribution in [3.8, 4) is 5.75 Å². The molecule has 0 spiro atoms. The highest BCUT2D eigenvalue weighted by Gasteiger charge is 2.26. The number of amides is 1. The number of carbonyl (C=O) groups is 2. The predicted octanol–water partition coefficient (Wildman–Crippen LogP) is 2.64. The molecule has 0 bridgehead atoms. The summed E-state index contributed by atoms with van der Waals surface area (Å²) in [5.41, 5.74) is 1.00. The zero-order valence-corrected chi connectivity index (χ0v) is 18.6. The van der Waals surface area contributed by atoms with Gasteiger partial charge in [-0.2, -0.15) is 0 Å². The second-order valence-corrected chi connectivity index (χ2v) is 8.88. The van der Waals surface area contributed by atoms with Gasteiger partial charge in [-0.25, -0.2) is 0 Å². The maximum atomic E-state index is 12.8. The fourth-order valence-electron chi connectivity index (χ4n) is 3.64.